The molecule has 0 fully saturated rings. The molecule has 0 spiro atoms. The maximum atomic E-state index is 12.4. The molecule has 0 aliphatic rings. The summed E-state index contributed by atoms with van der Waals surface area (Å²) in [5.41, 5.74) is 0. The third kappa shape index (κ3) is 8.40. The van der Waals surface area contributed by atoms with Crippen LogP contribution in [-0.2, 0) is 14.3 Å². The Morgan fingerprint density at radius 2 is 1.32 bits per heavy atom. The van der Waals surface area contributed by atoms with Gasteiger partial charge in [-0.15, -0.1) is 0 Å². The van der Waals surface area contributed by atoms with Crippen LogP contribution >= 0.6 is 0 Å². The molecule has 0 aromatic carbocycles. The van der Waals surface area contributed by atoms with Crippen LogP contribution in [0, 0.1) is 23.7 Å². The average molecular weight is 314 g/mol. The van der Waals surface area contributed by atoms with Gasteiger partial charge in [-0.2, -0.15) is 0 Å². The zero-order valence-corrected chi connectivity index (χ0v) is 15.1. The highest BCUT2D eigenvalue weighted by atomic mass is 16.5. The highest BCUT2D eigenvalue weighted by Crippen LogP contribution is 2.28. The van der Waals surface area contributed by atoms with Crippen molar-refractivity contribution in [1.29, 1.82) is 0 Å². The maximum Gasteiger partial charge on any atom is 0.310 e. The molecule has 4 nitrogen and oxygen atoms in total. The molecule has 0 radical (unpaired) electrons. The van der Waals surface area contributed by atoms with Crippen molar-refractivity contribution in [3.8, 4) is 0 Å². The van der Waals surface area contributed by atoms with Gasteiger partial charge in [0.1, 0.15) is 0 Å². The van der Waals surface area contributed by atoms with E-state index in [1.165, 1.54) is 0 Å². The van der Waals surface area contributed by atoms with Crippen molar-refractivity contribution in [2.24, 2.45) is 23.7 Å². The molecular weight excluding hydrogens is 280 g/mol. The minimum Gasteiger partial charge on any atom is -0.481 e. The van der Waals surface area contributed by atoms with Crippen LogP contribution in [0.2, 0.25) is 0 Å². The summed E-state index contributed by atoms with van der Waals surface area (Å²) in [7, 11) is 0. The van der Waals surface area contributed by atoms with Crippen molar-refractivity contribution in [3.05, 3.63) is 0 Å². The molecule has 22 heavy (non-hydrogen) atoms. The fourth-order valence-electron chi connectivity index (χ4n) is 2.37. The van der Waals surface area contributed by atoms with Gasteiger partial charge >= 0.3 is 11.9 Å². The standard InChI is InChI=1S/C18H34O4/c1-7-14(6)22-18(21)16(11-9-13(4)5)15(17(19)20)10-8-12(2)3/h12-16H,7-11H2,1-6H3,(H,19,20). The van der Waals surface area contributed by atoms with Gasteiger partial charge in [-0.25, -0.2) is 0 Å². The SMILES string of the molecule is CCC(C)OC(=O)C(CCC(C)C)C(CCC(C)C)C(=O)O. The first kappa shape index (κ1) is 20.9. The van der Waals surface area contributed by atoms with Gasteiger partial charge in [-0.3, -0.25) is 9.59 Å². The van der Waals surface area contributed by atoms with Crippen molar-refractivity contribution in [2.75, 3.05) is 0 Å². The number of rotatable bonds is 11. The summed E-state index contributed by atoms with van der Waals surface area (Å²) in [6.45, 7) is 12.1. The monoisotopic (exact) mass is 314 g/mol. The van der Waals surface area contributed by atoms with Crippen LogP contribution in [0.15, 0.2) is 0 Å². The van der Waals surface area contributed by atoms with Crippen LogP contribution in [0.25, 0.3) is 0 Å². The van der Waals surface area contributed by atoms with Gasteiger partial charge in [-0.05, 0) is 38.0 Å². The highest BCUT2D eigenvalue weighted by Gasteiger charge is 2.35. The molecule has 0 heterocycles. The molecule has 3 unspecified atom stereocenters. The molecule has 1 N–H and O–H groups in total. The van der Waals surface area contributed by atoms with Crippen LogP contribution in [0.3, 0.4) is 0 Å². The molecular formula is C18H34O4. The number of ether oxygens (including phenoxy) is 1. The van der Waals surface area contributed by atoms with E-state index in [9.17, 15) is 14.7 Å². The number of carbonyl (C=O) groups is 2. The number of hydrogen-bond donors (Lipinski definition) is 1. The molecule has 0 aromatic heterocycles. The van der Waals surface area contributed by atoms with Crippen LogP contribution in [-0.4, -0.2) is 23.1 Å². The average Bonchev–Trinajstić information content (AvgIpc) is 2.40. The zero-order chi connectivity index (χ0) is 17.3. The third-order valence-electron chi connectivity index (χ3n) is 4.11. The topological polar surface area (TPSA) is 63.6 Å². The summed E-state index contributed by atoms with van der Waals surface area (Å²) < 4.78 is 5.43. The van der Waals surface area contributed by atoms with E-state index in [0.29, 0.717) is 24.7 Å². The predicted octanol–water partition coefficient (Wildman–Crippen LogP) is 4.52. The predicted molar refractivity (Wildman–Crippen MR) is 88.6 cm³/mol. The van der Waals surface area contributed by atoms with Crippen molar-refractivity contribution >= 4 is 11.9 Å². The Balaban J connectivity index is 5.04. The van der Waals surface area contributed by atoms with Gasteiger partial charge in [0, 0.05) is 0 Å². The second-order valence-electron chi connectivity index (χ2n) is 7.15. The second kappa shape index (κ2) is 10.6. The van der Waals surface area contributed by atoms with Gasteiger partial charge in [0.2, 0.25) is 0 Å². The van der Waals surface area contributed by atoms with Crippen molar-refractivity contribution in [2.45, 2.75) is 79.8 Å². The Kier molecular flexibility index (Phi) is 10.1. The summed E-state index contributed by atoms with van der Waals surface area (Å²) in [5, 5.41) is 9.55. The van der Waals surface area contributed by atoms with Crippen molar-refractivity contribution < 1.29 is 19.4 Å². The van der Waals surface area contributed by atoms with Crippen LogP contribution < -0.4 is 0 Å². The molecule has 0 aromatic rings. The molecule has 0 bridgehead atoms. The van der Waals surface area contributed by atoms with Crippen LogP contribution in [0.4, 0.5) is 0 Å². The van der Waals surface area contributed by atoms with E-state index in [4.69, 9.17) is 4.74 Å². The summed E-state index contributed by atoms with van der Waals surface area (Å²) >= 11 is 0. The van der Waals surface area contributed by atoms with E-state index in [2.05, 4.69) is 27.7 Å². The molecule has 0 aliphatic carbocycles. The fourth-order valence-corrected chi connectivity index (χ4v) is 2.37. The Morgan fingerprint density at radius 1 is 0.864 bits per heavy atom. The van der Waals surface area contributed by atoms with Gasteiger partial charge in [0.15, 0.2) is 0 Å². The normalized spacial score (nSPS) is 15.6. The van der Waals surface area contributed by atoms with E-state index in [1.807, 2.05) is 13.8 Å². The zero-order valence-electron chi connectivity index (χ0n) is 15.1. The second-order valence-corrected chi connectivity index (χ2v) is 7.15. The largest absolute Gasteiger partial charge is 0.481 e. The molecule has 3 atom stereocenters. The van der Waals surface area contributed by atoms with E-state index in [1.54, 1.807) is 0 Å². The lowest BCUT2D eigenvalue weighted by Gasteiger charge is -2.25. The minimum atomic E-state index is -0.879. The molecule has 0 rings (SSSR count). The third-order valence-corrected chi connectivity index (χ3v) is 4.11. The Labute approximate surface area is 135 Å². The van der Waals surface area contributed by atoms with Crippen LogP contribution in [0.5, 0.6) is 0 Å². The first-order valence-electron chi connectivity index (χ1n) is 8.62. The van der Waals surface area contributed by atoms with Gasteiger partial charge in [0.25, 0.3) is 0 Å². The Hall–Kier alpha value is -1.06. The van der Waals surface area contributed by atoms with E-state index in [-0.39, 0.29) is 12.1 Å². The molecule has 0 amide bonds. The number of carboxylic acids is 1. The summed E-state index contributed by atoms with van der Waals surface area (Å²) in [6.07, 6.45) is 3.35. The van der Waals surface area contributed by atoms with E-state index in [0.717, 1.165) is 19.3 Å². The molecule has 130 valence electrons. The molecule has 0 saturated carbocycles. The Bertz CT molecular complexity index is 336. The smallest absolute Gasteiger partial charge is 0.310 e. The maximum absolute atomic E-state index is 12.4. The lowest BCUT2D eigenvalue weighted by atomic mass is 9.82. The van der Waals surface area contributed by atoms with Gasteiger partial charge in [0.05, 0.1) is 17.9 Å². The first-order valence-corrected chi connectivity index (χ1v) is 8.62. The van der Waals surface area contributed by atoms with Crippen LogP contribution in [0.1, 0.15) is 73.6 Å². The Morgan fingerprint density at radius 3 is 1.68 bits per heavy atom. The first-order chi connectivity index (χ1) is 10.2. The molecule has 0 saturated heterocycles. The minimum absolute atomic E-state index is 0.159. The summed E-state index contributed by atoms with van der Waals surface area (Å²) in [6, 6.07) is 0. The van der Waals surface area contributed by atoms with Gasteiger partial charge < -0.3 is 9.84 Å². The number of carboxylic acid groups (broad SMARTS) is 1. The molecule has 0 aliphatic heterocycles. The number of carbonyl (C=O) groups excluding carboxylic acids is 1. The van der Waals surface area contributed by atoms with Crippen molar-refractivity contribution in [3.63, 3.8) is 0 Å². The van der Waals surface area contributed by atoms with Crippen molar-refractivity contribution in [1.82, 2.24) is 0 Å². The lowest BCUT2D eigenvalue weighted by molar-refractivity contribution is -0.162. The van der Waals surface area contributed by atoms with E-state index >= 15 is 0 Å². The number of esters is 1. The molecule has 4 heteroatoms. The highest BCUT2D eigenvalue weighted by molar-refractivity contribution is 5.81. The quantitative estimate of drug-likeness (QED) is 0.570. The lowest BCUT2D eigenvalue weighted by Crippen LogP contribution is -2.33. The van der Waals surface area contributed by atoms with Gasteiger partial charge in [-0.1, -0.05) is 47.5 Å². The summed E-state index contributed by atoms with van der Waals surface area (Å²) in [5.74, 6) is -1.52. The van der Waals surface area contributed by atoms with E-state index < -0.39 is 17.8 Å². The number of aliphatic carboxylic acids is 1. The fraction of sp³-hybridized carbons (Fsp3) is 0.889. The number of hydrogen-bond acceptors (Lipinski definition) is 3. The summed E-state index contributed by atoms with van der Waals surface area (Å²) in [4.78, 5) is 24.1.